The summed E-state index contributed by atoms with van der Waals surface area (Å²) < 4.78 is 5.88. The van der Waals surface area contributed by atoms with Crippen LogP contribution in [-0.4, -0.2) is 46.9 Å². The van der Waals surface area contributed by atoms with Crippen molar-refractivity contribution in [3.8, 4) is 0 Å². The molecule has 3 N–H and O–H groups in total. The van der Waals surface area contributed by atoms with E-state index < -0.39 is 18.2 Å². The van der Waals surface area contributed by atoms with Gasteiger partial charge in [-0.3, -0.25) is 9.59 Å². The standard InChI is InChI=1S/C52H89NO5/c1-4-7-10-13-16-19-22-24-25-27-29-31-34-37-40-43-48(58-52(57)45-42-39-36-33-30-26-23-20-17-14-11-8-5-2)46-51(56)53-49(47-54)50(55)44-41-38-35-32-28-21-18-15-12-9-6-3/h8,11,14,16-17,19-20,23-26,29-31,48-50,54-55H,4-7,9-10,12-13,15,18,21-22,27-28,32-47H2,1-3H3,(H,53,56)/b11-8+,17-14+,19-16-,23-20-,25-24-,30-26-,31-29-. The molecule has 0 heterocycles. The second kappa shape index (κ2) is 45.1. The highest BCUT2D eigenvalue weighted by atomic mass is 16.5. The van der Waals surface area contributed by atoms with Gasteiger partial charge >= 0.3 is 5.97 Å². The number of nitrogens with one attached hydrogen (secondary N) is 1. The Morgan fingerprint density at radius 3 is 1.60 bits per heavy atom. The Balaban J connectivity index is 4.77. The van der Waals surface area contributed by atoms with Gasteiger partial charge < -0.3 is 20.3 Å². The number of carbonyl (C=O) groups is 2. The van der Waals surface area contributed by atoms with Gasteiger partial charge in [-0.1, -0.05) is 196 Å². The van der Waals surface area contributed by atoms with E-state index in [4.69, 9.17) is 4.74 Å². The van der Waals surface area contributed by atoms with Crippen LogP contribution in [0.3, 0.4) is 0 Å². The van der Waals surface area contributed by atoms with Crippen molar-refractivity contribution in [1.82, 2.24) is 5.32 Å². The molecule has 3 atom stereocenters. The average molecular weight is 808 g/mol. The van der Waals surface area contributed by atoms with Crippen LogP contribution in [0.1, 0.15) is 207 Å². The first-order chi connectivity index (χ1) is 28.5. The molecule has 0 rings (SSSR count). The Kier molecular flexibility index (Phi) is 42.8. The molecule has 0 aliphatic heterocycles. The van der Waals surface area contributed by atoms with Crippen molar-refractivity contribution >= 4 is 11.9 Å². The minimum absolute atomic E-state index is 0.0312. The molecule has 0 aliphatic carbocycles. The van der Waals surface area contributed by atoms with Crippen molar-refractivity contribution in [1.29, 1.82) is 0 Å². The Labute approximate surface area is 357 Å². The minimum Gasteiger partial charge on any atom is -0.462 e. The van der Waals surface area contributed by atoms with Crippen molar-refractivity contribution in [3.05, 3.63) is 85.1 Å². The van der Waals surface area contributed by atoms with E-state index in [0.29, 0.717) is 19.3 Å². The Bertz CT molecular complexity index is 1130. The fourth-order valence-electron chi connectivity index (χ4n) is 6.68. The quantitative estimate of drug-likeness (QED) is 0.0247. The summed E-state index contributed by atoms with van der Waals surface area (Å²) in [6.07, 6.45) is 57.8. The first-order valence-corrected chi connectivity index (χ1v) is 23.9. The van der Waals surface area contributed by atoms with E-state index in [2.05, 4.69) is 80.8 Å². The van der Waals surface area contributed by atoms with Crippen LogP contribution >= 0.6 is 0 Å². The lowest BCUT2D eigenvalue weighted by Crippen LogP contribution is -2.46. The molecule has 0 aromatic heterocycles. The second-order valence-corrected chi connectivity index (χ2v) is 15.9. The van der Waals surface area contributed by atoms with E-state index in [-0.39, 0.29) is 24.9 Å². The van der Waals surface area contributed by atoms with Crippen LogP contribution in [0.15, 0.2) is 85.1 Å². The summed E-state index contributed by atoms with van der Waals surface area (Å²) in [6.45, 7) is 6.27. The number of carbonyl (C=O) groups excluding carboxylic acids is 2. The number of amides is 1. The Hall–Kier alpha value is -2.96. The fraction of sp³-hybridized carbons (Fsp3) is 0.692. The predicted octanol–water partition coefficient (Wildman–Crippen LogP) is 14.0. The van der Waals surface area contributed by atoms with Gasteiger partial charge in [0.2, 0.25) is 5.91 Å². The number of hydrogen-bond donors (Lipinski definition) is 3. The van der Waals surface area contributed by atoms with E-state index in [1.807, 2.05) is 30.4 Å². The highest BCUT2D eigenvalue weighted by Crippen LogP contribution is 2.16. The molecule has 0 bridgehead atoms. The molecular formula is C52H89NO5. The smallest absolute Gasteiger partial charge is 0.306 e. The van der Waals surface area contributed by atoms with Gasteiger partial charge in [-0.2, -0.15) is 0 Å². The van der Waals surface area contributed by atoms with Gasteiger partial charge in [0.05, 0.1) is 25.2 Å². The average Bonchev–Trinajstić information content (AvgIpc) is 3.22. The predicted molar refractivity (Wildman–Crippen MR) is 250 cm³/mol. The Morgan fingerprint density at radius 1 is 0.534 bits per heavy atom. The summed E-state index contributed by atoms with van der Waals surface area (Å²) >= 11 is 0. The molecule has 6 nitrogen and oxygen atoms in total. The van der Waals surface area contributed by atoms with Crippen LogP contribution in [0.4, 0.5) is 0 Å². The zero-order valence-corrected chi connectivity index (χ0v) is 37.6. The van der Waals surface area contributed by atoms with Gasteiger partial charge in [0.1, 0.15) is 6.10 Å². The number of ether oxygens (including phenoxy) is 1. The topological polar surface area (TPSA) is 95.9 Å². The van der Waals surface area contributed by atoms with Crippen molar-refractivity contribution in [2.45, 2.75) is 225 Å². The van der Waals surface area contributed by atoms with Gasteiger partial charge in [-0.15, -0.1) is 0 Å². The molecule has 1 amide bonds. The highest BCUT2D eigenvalue weighted by molar-refractivity contribution is 5.77. The maximum Gasteiger partial charge on any atom is 0.306 e. The highest BCUT2D eigenvalue weighted by Gasteiger charge is 2.24. The van der Waals surface area contributed by atoms with Crippen LogP contribution in [-0.2, 0) is 14.3 Å². The third-order valence-corrected chi connectivity index (χ3v) is 10.3. The van der Waals surface area contributed by atoms with Crippen LogP contribution in [0.5, 0.6) is 0 Å². The molecule has 332 valence electrons. The summed E-state index contributed by atoms with van der Waals surface area (Å²) in [5, 5.41) is 23.7. The molecule has 0 aliphatic rings. The number of hydrogen-bond acceptors (Lipinski definition) is 5. The molecule has 0 aromatic rings. The third kappa shape index (κ3) is 39.8. The molecule has 0 aromatic carbocycles. The molecule has 3 unspecified atom stereocenters. The SMILES string of the molecule is CC/C=C/C=C/C=C\C=C/CCCCCC(=O)OC(CCCC/C=C\C/C=C\C/C=C\CCCCC)CC(=O)NC(CO)C(O)CCCCCCCCCCCCC. The molecule has 6 heteroatoms. The number of esters is 1. The lowest BCUT2D eigenvalue weighted by molar-refractivity contribution is -0.151. The minimum atomic E-state index is -0.808. The van der Waals surface area contributed by atoms with Gasteiger partial charge in [0, 0.05) is 6.42 Å². The first-order valence-electron chi connectivity index (χ1n) is 23.9. The van der Waals surface area contributed by atoms with Gasteiger partial charge in [-0.25, -0.2) is 0 Å². The molecule has 0 saturated heterocycles. The van der Waals surface area contributed by atoms with E-state index >= 15 is 0 Å². The second-order valence-electron chi connectivity index (χ2n) is 15.9. The molecule has 0 saturated carbocycles. The number of rotatable bonds is 41. The van der Waals surface area contributed by atoms with E-state index in [1.54, 1.807) is 0 Å². The van der Waals surface area contributed by atoms with E-state index in [1.165, 1.54) is 77.0 Å². The zero-order valence-electron chi connectivity index (χ0n) is 37.6. The summed E-state index contributed by atoms with van der Waals surface area (Å²) in [4.78, 5) is 26.0. The van der Waals surface area contributed by atoms with Gasteiger partial charge in [0.15, 0.2) is 0 Å². The lowest BCUT2D eigenvalue weighted by Gasteiger charge is -2.24. The fourth-order valence-corrected chi connectivity index (χ4v) is 6.68. The third-order valence-electron chi connectivity index (χ3n) is 10.3. The van der Waals surface area contributed by atoms with Crippen LogP contribution in [0.2, 0.25) is 0 Å². The number of aliphatic hydroxyl groups excluding tert-OH is 2. The number of unbranched alkanes of at least 4 members (excludes halogenated alkanes) is 18. The van der Waals surface area contributed by atoms with E-state index in [9.17, 15) is 19.8 Å². The number of aliphatic hydroxyl groups is 2. The molecule has 0 spiro atoms. The van der Waals surface area contributed by atoms with Crippen LogP contribution in [0, 0.1) is 0 Å². The van der Waals surface area contributed by atoms with Crippen molar-refractivity contribution in [2.24, 2.45) is 0 Å². The van der Waals surface area contributed by atoms with Crippen LogP contribution in [0.25, 0.3) is 0 Å². The molecule has 0 radical (unpaired) electrons. The summed E-state index contributed by atoms with van der Waals surface area (Å²) in [5.41, 5.74) is 0. The summed E-state index contributed by atoms with van der Waals surface area (Å²) in [5.74, 6) is -0.566. The van der Waals surface area contributed by atoms with Crippen molar-refractivity contribution < 1.29 is 24.5 Å². The molecular weight excluding hydrogens is 719 g/mol. The maximum absolute atomic E-state index is 13.2. The number of allylic oxidation sites excluding steroid dienone is 14. The van der Waals surface area contributed by atoms with Gasteiger partial charge in [-0.05, 0) is 83.5 Å². The Morgan fingerprint density at radius 2 is 1.00 bits per heavy atom. The molecule has 58 heavy (non-hydrogen) atoms. The van der Waals surface area contributed by atoms with Crippen molar-refractivity contribution in [3.63, 3.8) is 0 Å². The summed E-state index contributed by atoms with van der Waals surface area (Å²) in [6, 6.07) is -0.725. The van der Waals surface area contributed by atoms with Crippen molar-refractivity contribution in [2.75, 3.05) is 6.61 Å². The maximum atomic E-state index is 13.2. The summed E-state index contributed by atoms with van der Waals surface area (Å²) in [7, 11) is 0. The first kappa shape index (κ1) is 55.0. The monoisotopic (exact) mass is 808 g/mol. The zero-order chi connectivity index (χ0) is 42.4. The lowest BCUT2D eigenvalue weighted by atomic mass is 10.0. The molecule has 0 fully saturated rings. The largest absolute Gasteiger partial charge is 0.462 e. The normalized spacial score (nSPS) is 14.1. The van der Waals surface area contributed by atoms with Gasteiger partial charge in [0.25, 0.3) is 0 Å². The van der Waals surface area contributed by atoms with E-state index in [0.717, 1.165) is 83.5 Å². The van der Waals surface area contributed by atoms with Crippen LogP contribution < -0.4 is 5.32 Å².